The molecule has 0 N–H and O–H groups in total. The number of hydrogen-bond donors (Lipinski definition) is 0. The second-order valence-corrected chi connectivity index (χ2v) is 8.60. The van der Waals surface area contributed by atoms with E-state index < -0.39 is 0 Å². The van der Waals surface area contributed by atoms with Crippen molar-refractivity contribution in [3.05, 3.63) is 47.0 Å². The van der Waals surface area contributed by atoms with Crippen LogP contribution in [0.3, 0.4) is 0 Å². The van der Waals surface area contributed by atoms with E-state index in [0.29, 0.717) is 16.5 Å². The molecular weight excluding hydrogens is 360 g/mol. The highest BCUT2D eigenvalue weighted by atomic mass is 35.5. The van der Waals surface area contributed by atoms with Crippen molar-refractivity contribution in [1.82, 2.24) is 9.80 Å². The molecule has 27 heavy (non-hydrogen) atoms. The minimum absolute atomic E-state index is 0.0494. The van der Waals surface area contributed by atoms with Crippen LogP contribution in [0.4, 0.5) is 0 Å². The molecular formula is C22H27ClN2O2. The number of rotatable bonds is 2. The number of nitrogens with zero attached hydrogens (tertiary/aromatic N) is 2. The van der Waals surface area contributed by atoms with Gasteiger partial charge in [-0.2, -0.15) is 0 Å². The van der Waals surface area contributed by atoms with Crippen molar-refractivity contribution in [2.24, 2.45) is 5.92 Å². The van der Waals surface area contributed by atoms with Gasteiger partial charge in [0.25, 0.3) is 5.91 Å². The zero-order valence-corrected chi connectivity index (χ0v) is 16.5. The lowest BCUT2D eigenvalue weighted by molar-refractivity contribution is -0.136. The molecule has 3 aliphatic rings. The molecule has 0 bridgehead atoms. The van der Waals surface area contributed by atoms with Crippen LogP contribution in [0.1, 0.15) is 55.3 Å². The average molecular weight is 387 g/mol. The summed E-state index contributed by atoms with van der Waals surface area (Å²) in [5.41, 5.74) is 1.80. The van der Waals surface area contributed by atoms with Crippen LogP contribution in [0, 0.1) is 5.92 Å². The largest absolute Gasteiger partial charge is 0.340 e. The van der Waals surface area contributed by atoms with E-state index in [0.717, 1.165) is 51.6 Å². The Morgan fingerprint density at radius 1 is 1.11 bits per heavy atom. The maximum absolute atomic E-state index is 13.4. The Bertz CT molecular complexity index is 752. The van der Waals surface area contributed by atoms with Crippen molar-refractivity contribution in [1.29, 1.82) is 0 Å². The third kappa shape index (κ3) is 3.64. The van der Waals surface area contributed by atoms with Crippen LogP contribution in [0.15, 0.2) is 36.4 Å². The molecule has 4 nitrogen and oxygen atoms in total. The lowest BCUT2D eigenvalue weighted by Crippen LogP contribution is -2.51. The van der Waals surface area contributed by atoms with Gasteiger partial charge in [-0.25, -0.2) is 0 Å². The van der Waals surface area contributed by atoms with Crippen LogP contribution in [-0.2, 0) is 4.79 Å². The first-order chi connectivity index (χ1) is 13.0. The van der Waals surface area contributed by atoms with E-state index in [-0.39, 0.29) is 23.9 Å². The number of carbonyl (C=O) groups is 2. The fraction of sp³-hybridized carbons (Fsp3) is 0.545. The molecule has 1 aliphatic carbocycles. The number of amides is 2. The Hall–Kier alpha value is -1.81. The standard InChI is InChI=1S/C22H27ClN2O2/c1-15-9-11-24(12-10-15)22(27)20-14-16-5-2-3-8-19(16)25(20)21(26)17-6-4-7-18(23)13-17/h4,6-7,13,16,19-20H,1-3,5,8-12,14H2. The molecule has 4 rings (SSSR count). The molecule has 0 aromatic heterocycles. The van der Waals surface area contributed by atoms with Crippen molar-refractivity contribution in [3.8, 4) is 0 Å². The summed E-state index contributed by atoms with van der Waals surface area (Å²) in [6.45, 7) is 5.49. The van der Waals surface area contributed by atoms with Crippen LogP contribution >= 0.6 is 11.6 Å². The minimum atomic E-state index is -0.337. The van der Waals surface area contributed by atoms with Gasteiger partial charge in [0.2, 0.25) is 5.91 Å². The number of halogens is 1. The molecule has 2 aliphatic heterocycles. The lowest BCUT2D eigenvalue weighted by Gasteiger charge is -2.36. The van der Waals surface area contributed by atoms with E-state index in [2.05, 4.69) is 6.58 Å². The predicted octanol–water partition coefficient (Wildman–Crippen LogP) is 4.29. The average Bonchev–Trinajstić information content (AvgIpc) is 3.07. The predicted molar refractivity (Wildman–Crippen MR) is 107 cm³/mol. The molecule has 1 saturated carbocycles. The molecule has 3 atom stereocenters. The molecule has 3 unspecified atom stereocenters. The zero-order chi connectivity index (χ0) is 19.0. The van der Waals surface area contributed by atoms with Gasteiger partial charge in [0, 0.05) is 29.7 Å². The van der Waals surface area contributed by atoms with E-state index in [1.807, 2.05) is 9.80 Å². The van der Waals surface area contributed by atoms with Gasteiger partial charge in [-0.15, -0.1) is 0 Å². The van der Waals surface area contributed by atoms with Crippen LogP contribution < -0.4 is 0 Å². The van der Waals surface area contributed by atoms with Gasteiger partial charge >= 0.3 is 0 Å². The third-order valence-corrected chi connectivity index (χ3v) is 6.70. The second kappa shape index (κ2) is 7.67. The Balaban J connectivity index is 1.61. The number of benzene rings is 1. The Morgan fingerprint density at radius 2 is 1.85 bits per heavy atom. The quantitative estimate of drug-likeness (QED) is 0.711. The van der Waals surface area contributed by atoms with Crippen molar-refractivity contribution < 1.29 is 9.59 Å². The molecule has 2 saturated heterocycles. The van der Waals surface area contributed by atoms with Crippen molar-refractivity contribution >= 4 is 23.4 Å². The van der Waals surface area contributed by atoms with Crippen molar-refractivity contribution in [2.75, 3.05) is 13.1 Å². The number of fused-ring (bicyclic) bond motifs is 1. The molecule has 2 amide bonds. The summed E-state index contributed by atoms with van der Waals surface area (Å²) in [5, 5.41) is 0.553. The van der Waals surface area contributed by atoms with E-state index >= 15 is 0 Å². The maximum Gasteiger partial charge on any atom is 0.254 e. The summed E-state index contributed by atoms with van der Waals surface area (Å²) < 4.78 is 0. The summed E-state index contributed by atoms with van der Waals surface area (Å²) in [6, 6.07) is 6.94. The summed E-state index contributed by atoms with van der Waals surface area (Å²) in [4.78, 5) is 30.6. The van der Waals surface area contributed by atoms with Gasteiger partial charge in [0.1, 0.15) is 6.04 Å². The van der Waals surface area contributed by atoms with E-state index in [4.69, 9.17) is 11.6 Å². The zero-order valence-electron chi connectivity index (χ0n) is 15.7. The van der Waals surface area contributed by atoms with Gasteiger partial charge < -0.3 is 9.80 Å². The van der Waals surface area contributed by atoms with Gasteiger partial charge in [-0.05, 0) is 56.2 Å². The van der Waals surface area contributed by atoms with Gasteiger partial charge in [-0.1, -0.05) is 42.7 Å². The van der Waals surface area contributed by atoms with Crippen LogP contribution in [0.2, 0.25) is 5.02 Å². The molecule has 5 heteroatoms. The first kappa shape index (κ1) is 18.5. The molecule has 0 radical (unpaired) electrons. The van der Waals surface area contributed by atoms with E-state index in [9.17, 15) is 9.59 Å². The molecule has 1 aromatic carbocycles. The Morgan fingerprint density at radius 3 is 2.59 bits per heavy atom. The summed E-state index contributed by atoms with van der Waals surface area (Å²) in [6.07, 6.45) is 6.98. The summed E-state index contributed by atoms with van der Waals surface area (Å²) >= 11 is 6.11. The van der Waals surface area contributed by atoms with Gasteiger partial charge in [-0.3, -0.25) is 9.59 Å². The first-order valence-electron chi connectivity index (χ1n) is 10.1. The fourth-order valence-corrected chi connectivity index (χ4v) is 5.19. The number of likely N-dealkylation sites (tertiary alicyclic amines) is 2. The van der Waals surface area contributed by atoms with Crippen LogP contribution in [0.25, 0.3) is 0 Å². The number of piperidine rings is 1. The van der Waals surface area contributed by atoms with Crippen molar-refractivity contribution in [3.63, 3.8) is 0 Å². The Kier molecular flexibility index (Phi) is 5.27. The molecule has 3 fully saturated rings. The second-order valence-electron chi connectivity index (χ2n) is 8.16. The number of carbonyl (C=O) groups excluding carboxylic acids is 2. The molecule has 2 heterocycles. The monoisotopic (exact) mass is 386 g/mol. The summed E-state index contributed by atoms with van der Waals surface area (Å²) in [5.74, 6) is 0.509. The highest BCUT2D eigenvalue weighted by Crippen LogP contribution is 2.41. The highest BCUT2D eigenvalue weighted by molar-refractivity contribution is 6.31. The van der Waals surface area contributed by atoms with E-state index in [1.165, 1.54) is 12.0 Å². The highest BCUT2D eigenvalue weighted by Gasteiger charge is 2.48. The SMILES string of the molecule is C=C1CCN(C(=O)C2CC3CCCCC3N2C(=O)c2cccc(Cl)c2)CC1. The summed E-state index contributed by atoms with van der Waals surface area (Å²) in [7, 11) is 0. The normalized spacial score (nSPS) is 28.2. The van der Waals surface area contributed by atoms with E-state index in [1.54, 1.807) is 24.3 Å². The smallest absolute Gasteiger partial charge is 0.254 e. The molecule has 144 valence electrons. The van der Waals surface area contributed by atoms with Crippen molar-refractivity contribution in [2.45, 2.75) is 57.0 Å². The van der Waals surface area contributed by atoms with Crippen LogP contribution in [0.5, 0.6) is 0 Å². The fourth-order valence-electron chi connectivity index (χ4n) is 5.00. The molecule has 1 aromatic rings. The topological polar surface area (TPSA) is 40.6 Å². The lowest BCUT2D eigenvalue weighted by atomic mass is 9.84. The number of hydrogen-bond acceptors (Lipinski definition) is 2. The Labute approximate surface area is 166 Å². The van der Waals surface area contributed by atoms with Crippen LogP contribution in [-0.4, -0.2) is 46.8 Å². The minimum Gasteiger partial charge on any atom is -0.340 e. The van der Waals surface area contributed by atoms with Gasteiger partial charge in [0.15, 0.2) is 0 Å². The van der Waals surface area contributed by atoms with Gasteiger partial charge in [0.05, 0.1) is 0 Å². The third-order valence-electron chi connectivity index (χ3n) is 6.46. The maximum atomic E-state index is 13.4. The molecule has 0 spiro atoms. The first-order valence-corrected chi connectivity index (χ1v) is 10.5.